The molecule has 0 amide bonds. The number of benzene rings is 2. The molecule has 39 heavy (non-hydrogen) atoms. The lowest BCUT2D eigenvalue weighted by Gasteiger charge is -2.36. The van der Waals surface area contributed by atoms with Gasteiger partial charge in [-0.2, -0.15) is 0 Å². The van der Waals surface area contributed by atoms with Crippen molar-refractivity contribution in [3.05, 3.63) is 71.3 Å². The minimum atomic E-state index is -0.615. The summed E-state index contributed by atoms with van der Waals surface area (Å²) in [6, 6.07) is 19.8. The van der Waals surface area contributed by atoms with Gasteiger partial charge in [-0.1, -0.05) is 79.4 Å². The Hall–Kier alpha value is -2.17. The zero-order chi connectivity index (χ0) is 26.8. The molecule has 2 heterocycles. The highest BCUT2D eigenvalue weighted by Gasteiger charge is 2.45. The molecule has 2 aromatic rings. The Morgan fingerprint density at radius 2 is 1.74 bits per heavy atom. The molecule has 4 aliphatic rings. The molecule has 2 aromatic carbocycles. The number of carbonyl (C=O) groups is 1. The molecule has 3 atom stereocenters. The average Bonchev–Trinajstić information content (AvgIpc) is 3.52. The van der Waals surface area contributed by atoms with E-state index < -0.39 is 5.97 Å². The van der Waals surface area contributed by atoms with Crippen LogP contribution in [0.1, 0.15) is 80.4 Å². The van der Waals surface area contributed by atoms with Crippen LogP contribution in [0.5, 0.6) is 0 Å². The van der Waals surface area contributed by atoms with Crippen molar-refractivity contribution in [3.63, 3.8) is 0 Å². The van der Waals surface area contributed by atoms with Crippen molar-refractivity contribution in [1.29, 1.82) is 0 Å². The van der Waals surface area contributed by atoms with Crippen molar-refractivity contribution < 1.29 is 9.90 Å². The topological polar surface area (TPSA) is 43.8 Å². The fraction of sp³-hybridized carbons (Fsp3) is 0.629. The van der Waals surface area contributed by atoms with E-state index in [-0.39, 0.29) is 6.04 Å². The molecule has 6 rings (SSSR count). The first-order valence-electron chi connectivity index (χ1n) is 15.8. The quantitative estimate of drug-likeness (QED) is 0.349. The summed E-state index contributed by atoms with van der Waals surface area (Å²) in [5.74, 6) is 1.78. The lowest BCUT2D eigenvalue weighted by atomic mass is 9.80. The molecule has 2 aliphatic carbocycles. The number of carboxylic acids is 1. The van der Waals surface area contributed by atoms with Crippen LogP contribution in [0, 0.1) is 30.1 Å². The molecule has 210 valence electrons. The smallest absolute Gasteiger partial charge is 0.320 e. The van der Waals surface area contributed by atoms with Crippen LogP contribution >= 0.6 is 0 Å². The number of hydrogen-bond acceptors (Lipinski definition) is 3. The SMILES string of the molecule is Cc1cccc([C@H]2CN([C@H](CC3CCC3)C(=O)O)C[C@@H]2CN2CCC(CC3(Cc4ccccc4)CC3)CC2)c1. The largest absolute Gasteiger partial charge is 0.480 e. The Morgan fingerprint density at radius 1 is 0.974 bits per heavy atom. The van der Waals surface area contributed by atoms with Crippen molar-refractivity contribution in [1.82, 2.24) is 9.80 Å². The molecule has 4 fully saturated rings. The van der Waals surface area contributed by atoms with Gasteiger partial charge in [0.1, 0.15) is 6.04 Å². The molecular weight excluding hydrogens is 480 g/mol. The van der Waals surface area contributed by atoms with Crippen LogP contribution in [0.2, 0.25) is 0 Å². The van der Waals surface area contributed by atoms with Crippen LogP contribution in [0.25, 0.3) is 0 Å². The molecule has 1 N–H and O–H groups in total. The van der Waals surface area contributed by atoms with Crippen molar-refractivity contribution in [2.45, 2.75) is 83.1 Å². The summed E-state index contributed by atoms with van der Waals surface area (Å²) in [4.78, 5) is 17.4. The summed E-state index contributed by atoms with van der Waals surface area (Å²) in [6.45, 7) is 7.49. The van der Waals surface area contributed by atoms with Crippen LogP contribution in [0.4, 0.5) is 0 Å². The Bertz CT molecular complexity index is 1100. The minimum Gasteiger partial charge on any atom is -0.480 e. The number of piperidine rings is 1. The molecule has 4 heteroatoms. The fourth-order valence-electron chi connectivity index (χ4n) is 8.05. The Balaban J connectivity index is 1.07. The summed E-state index contributed by atoms with van der Waals surface area (Å²) >= 11 is 0. The Labute approximate surface area is 235 Å². The second kappa shape index (κ2) is 11.7. The van der Waals surface area contributed by atoms with E-state index in [0.717, 1.165) is 32.0 Å². The van der Waals surface area contributed by atoms with Gasteiger partial charge >= 0.3 is 5.97 Å². The second-order valence-electron chi connectivity index (χ2n) is 13.7. The Morgan fingerprint density at radius 3 is 2.38 bits per heavy atom. The highest BCUT2D eigenvalue weighted by atomic mass is 16.4. The van der Waals surface area contributed by atoms with Gasteiger partial charge in [0.05, 0.1) is 0 Å². The third-order valence-electron chi connectivity index (χ3n) is 10.7. The van der Waals surface area contributed by atoms with E-state index in [1.165, 1.54) is 87.6 Å². The monoisotopic (exact) mass is 528 g/mol. The van der Waals surface area contributed by atoms with Gasteiger partial charge in [-0.15, -0.1) is 0 Å². The van der Waals surface area contributed by atoms with E-state index in [4.69, 9.17) is 0 Å². The van der Waals surface area contributed by atoms with Crippen molar-refractivity contribution in [2.75, 3.05) is 32.7 Å². The predicted molar refractivity (Wildman–Crippen MR) is 158 cm³/mol. The van der Waals surface area contributed by atoms with E-state index in [1.54, 1.807) is 0 Å². The zero-order valence-corrected chi connectivity index (χ0v) is 23.9. The molecule has 0 spiro atoms. The summed E-state index contributed by atoms with van der Waals surface area (Å²) < 4.78 is 0. The molecule has 2 aliphatic heterocycles. The Kier molecular flexibility index (Phi) is 8.14. The maximum Gasteiger partial charge on any atom is 0.320 e. The summed E-state index contributed by atoms with van der Waals surface area (Å²) in [5.41, 5.74) is 4.79. The number of aryl methyl sites for hydroxylation is 1. The van der Waals surface area contributed by atoms with Gasteiger partial charge in [0.2, 0.25) is 0 Å². The molecule has 2 saturated carbocycles. The van der Waals surface area contributed by atoms with Crippen LogP contribution < -0.4 is 0 Å². The van der Waals surface area contributed by atoms with E-state index in [2.05, 4.69) is 71.3 Å². The van der Waals surface area contributed by atoms with Gasteiger partial charge in [0, 0.05) is 25.6 Å². The van der Waals surface area contributed by atoms with E-state index in [0.29, 0.717) is 23.2 Å². The maximum absolute atomic E-state index is 12.4. The molecule has 2 saturated heterocycles. The standard InChI is InChI=1S/C35H48N2O2/c1-26-7-5-12-30(19-26)32-25-37(33(34(38)39)20-27-10-6-11-27)24-31(32)23-36-17-13-29(14-18-36)22-35(15-16-35)21-28-8-3-2-4-9-28/h2-5,7-9,12,19,27,29,31-33H,6,10-11,13-18,20-25H2,1H3,(H,38,39)/t31-,32+,33+/m0/s1. The second-order valence-corrected chi connectivity index (χ2v) is 13.7. The van der Waals surface area contributed by atoms with Crippen LogP contribution in [-0.4, -0.2) is 59.6 Å². The first-order chi connectivity index (χ1) is 19.0. The molecule has 0 radical (unpaired) electrons. The van der Waals surface area contributed by atoms with Crippen LogP contribution in [-0.2, 0) is 11.2 Å². The van der Waals surface area contributed by atoms with Crippen molar-refractivity contribution >= 4 is 5.97 Å². The van der Waals surface area contributed by atoms with E-state index in [1.807, 2.05) is 0 Å². The van der Waals surface area contributed by atoms with E-state index >= 15 is 0 Å². The van der Waals surface area contributed by atoms with Gasteiger partial charge in [0.25, 0.3) is 0 Å². The van der Waals surface area contributed by atoms with Crippen LogP contribution in [0.15, 0.2) is 54.6 Å². The number of rotatable bonds is 11. The molecule has 4 nitrogen and oxygen atoms in total. The normalized spacial score (nSPS) is 26.8. The van der Waals surface area contributed by atoms with Gasteiger partial charge in [-0.05, 0) is 99.3 Å². The summed E-state index contributed by atoms with van der Waals surface area (Å²) in [7, 11) is 0. The van der Waals surface area contributed by atoms with E-state index in [9.17, 15) is 9.90 Å². The van der Waals surface area contributed by atoms with Gasteiger partial charge < -0.3 is 10.0 Å². The van der Waals surface area contributed by atoms with Crippen molar-refractivity contribution in [2.24, 2.45) is 23.2 Å². The first kappa shape index (κ1) is 27.0. The number of carboxylic acid groups (broad SMARTS) is 1. The number of likely N-dealkylation sites (tertiary alicyclic amines) is 2. The average molecular weight is 529 g/mol. The first-order valence-corrected chi connectivity index (χ1v) is 15.8. The zero-order valence-electron chi connectivity index (χ0n) is 23.9. The third-order valence-corrected chi connectivity index (χ3v) is 10.7. The number of nitrogens with zero attached hydrogens (tertiary/aromatic N) is 2. The van der Waals surface area contributed by atoms with Crippen LogP contribution in [0.3, 0.4) is 0 Å². The van der Waals surface area contributed by atoms with Gasteiger partial charge in [0.15, 0.2) is 0 Å². The lowest BCUT2D eigenvalue weighted by Crippen LogP contribution is -2.43. The third kappa shape index (κ3) is 6.60. The summed E-state index contributed by atoms with van der Waals surface area (Å²) in [5, 5.41) is 10.2. The highest BCUT2D eigenvalue weighted by Crippen LogP contribution is 2.54. The maximum atomic E-state index is 12.4. The molecule has 0 unspecified atom stereocenters. The number of aliphatic carboxylic acids is 1. The van der Waals surface area contributed by atoms with Gasteiger partial charge in [-0.25, -0.2) is 0 Å². The molecule has 0 aromatic heterocycles. The minimum absolute atomic E-state index is 0.322. The summed E-state index contributed by atoms with van der Waals surface area (Å²) in [6.07, 6.45) is 12.6. The molecular formula is C35H48N2O2. The van der Waals surface area contributed by atoms with Crippen molar-refractivity contribution in [3.8, 4) is 0 Å². The predicted octanol–water partition coefficient (Wildman–Crippen LogP) is 6.78. The van der Waals surface area contributed by atoms with Gasteiger partial charge in [-0.3, -0.25) is 9.69 Å². The fourth-order valence-corrected chi connectivity index (χ4v) is 8.05. The lowest BCUT2D eigenvalue weighted by molar-refractivity contribution is -0.144. The molecule has 0 bridgehead atoms. The highest BCUT2D eigenvalue weighted by molar-refractivity contribution is 5.73. The number of hydrogen-bond donors (Lipinski definition) is 1.